The molecular weight excluding hydrogens is 365 g/mol. The highest BCUT2D eigenvalue weighted by atomic mass is 35.5. The summed E-state index contributed by atoms with van der Waals surface area (Å²) in [6, 6.07) is 7.91. The maximum absolute atomic E-state index is 12.1. The lowest BCUT2D eigenvalue weighted by atomic mass is 10.1. The Morgan fingerprint density at radius 2 is 1.88 bits per heavy atom. The number of methoxy groups -OCH3 is 1. The normalized spacial score (nSPS) is 19.6. The van der Waals surface area contributed by atoms with Crippen LogP contribution in [0.2, 0.25) is 0 Å². The molecule has 1 saturated heterocycles. The summed E-state index contributed by atoms with van der Waals surface area (Å²) in [5, 5.41) is 6.04. The van der Waals surface area contributed by atoms with Crippen LogP contribution in [0.15, 0.2) is 24.3 Å². The van der Waals surface area contributed by atoms with Crippen LogP contribution in [0.1, 0.15) is 13.8 Å². The molecular formula is C17H29Cl2N3O3. The molecule has 1 aromatic carbocycles. The predicted molar refractivity (Wildman–Crippen MR) is 107 cm³/mol. The fraction of sp³-hybridized carbons (Fsp3) is 0.588. The minimum atomic E-state index is -0.0529. The van der Waals surface area contributed by atoms with Crippen molar-refractivity contribution in [3.8, 4) is 0 Å². The van der Waals surface area contributed by atoms with Crippen LogP contribution >= 0.6 is 24.8 Å². The number of para-hydroxylation sites is 2. The standard InChI is InChI=1S/C17H27N3O3.2ClH/c1-13-11-20(12-14(2)23-13)16-7-5-4-6-15(16)19-17(21)10-18-8-9-22-3;;/h4-7,13-14,18H,8-12H2,1-3H3,(H,19,21);2*1H. The monoisotopic (exact) mass is 393 g/mol. The molecule has 0 saturated carbocycles. The highest BCUT2D eigenvalue weighted by molar-refractivity contribution is 5.95. The fourth-order valence-corrected chi connectivity index (χ4v) is 2.80. The first-order chi connectivity index (χ1) is 11.1. The highest BCUT2D eigenvalue weighted by Crippen LogP contribution is 2.28. The minimum absolute atomic E-state index is 0. The number of hydrogen-bond acceptors (Lipinski definition) is 5. The summed E-state index contributed by atoms with van der Waals surface area (Å²) in [4.78, 5) is 14.4. The number of morpholine rings is 1. The number of amides is 1. The number of anilines is 2. The molecule has 2 atom stereocenters. The second-order valence-corrected chi connectivity index (χ2v) is 5.90. The summed E-state index contributed by atoms with van der Waals surface area (Å²) < 4.78 is 10.7. The molecule has 8 heteroatoms. The first kappa shape index (κ1) is 23.9. The molecule has 0 radical (unpaired) electrons. The molecule has 0 aromatic heterocycles. The average molecular weight is 394 g/mol. The molecule has 2 rings (SSSR count). The third-order valence-electron chi connectivity index (χ3n) is 3.71. The lowest BCUT2D eigenvalue weighted by molar-refractivity contribution is -0.115. The Morgan fingerprint density at radius 1 is 1.24 bits per heavy atom. The number of nitrogens with one attached hydrogen (secondary N) is 2. The van der Waals surface area contributed by atoms with Gasteiger partial charge in [0.2, 0.25) is 5.91 Å². The summed E-state index contributed by atoms with van der Waals surface area (Å²) in [5.41, 5.74) is 1.88. The molecule has 0 bridgehead atoms. The van der Waals surface area contributed by atoms with Gasteiger partial charge in [0.1, 0.15) is 0 Å². The molecule has 1 aliphatic rings. The summed E-state index contributed by atoms with van der Waals surface area (Å²) in [6.45, 7) is 7.31. The zero-order valence-electron chi connectivity index (χ0n) is 15.0. The average Bonchev–Trinajstić information content (AvgIpc) is 2.51. The SMILES string of the molecule is COCCNCC(=O)Nc1ccccc1N1CC(C)OC(C)C1.Cl.Cl. The summed E-state index contributed by atoms with van der Waals surface area (Å²) in [5.74, 6) is -0.0529. The zero-order valence-corrected chi connectivity index (χ0v) is 16.6. The van der Waals surface area contributed by atoms with Crippen LogP contribution < -0.4 is 15.5 Å². The summed E-state index contributed by atoms with van der Waals surface area (Å²) in [7, 11) is 1.64. The first-order valence-electron chi connectivity index (χ1n) is 8.09. The van der Waals surface area contributed by atoms with Gasteiger partial charge in [0.25, 0.3) is 0 Å². The van der Waals surface area contributed by atoms with Crippen LogP contribution in [0, 0.1) is 0 Å². The third kappa shape index (κ3) is 7.79. The van der Waals surface area contributed by atoms with E-state index in [-0.39, 0.29) is 49.5 Å². The lowest BCUT2D eigenvalue weighted by Gasteiger charge is -2.37. The van der Waals surface area contributed by atoms with E-state index < -0.39 is 0 Å². The number of halogens is 2. The molecule has 2 unspecified atom stereocenters. The fourth-order valence-electron chi connectivity index (χ4n) is 2.80. The van der Waals surface area contributed by atoms with Crippen LogP contribution in [0.25, 0.3) is 0 Å². The van der Waals surface area contributed by atoms with Gasteiger partial charge in [0.15, 0.2) is 0 Å². The van der Waals surface area contributed by atoms with Crippen LogP contribution in [0.4, 0.5) is 11.4 Å². The van der Waals surface area contributed by atoms with Crippen LogP contribution in [-0.4, -0.2) is 58.0 Å². The molecule has 1 aliphatic heterocycles. The number of benzene rings is 1. The Bertz CT molecular complexity index is 510. The van der Waals surface area contributed by atoms with Gasteiger partial charge < -0.3 is 25.0 Å². The van der Waals surface area contributed by atoms with Gasteiger partial charge in [-0.1, -0.05) is 12.1 Å². The van der Waals surface area contributed by atoms with Crippen molar-refractivity contribution in [2.75, 3.05) is 50.1 Å². The summed E-state index contributed by atoms with van der Waals surface area (Å²) in [6.07, 6.45) is 0.358. The van der Waals surface area contributed by atoms with Gasteiger partial charge in [0, 0.05) is 26.7 Å². The van der Waals surface area contributed by atoms with Gasteiger partial charge in [-0.15, -0.1) is 24.8 Å². The lowest BCUT2D eigenvalue weighted by Crippen LogP contribution is -2.45. The van der Waals surface area contributed by atoms with Crippen molar-refractivity contribution in [3.05, 3.63) is 24.3 Å². The Hall–Kier alpha value is -1.05. The van der Waals surface area contributed by atoms with Gasteiger partial charge >= 0.3 is 0 Å². The first-order valence-corrected chi connectivity index (χ1v) is 8.09. The second kappa shape index (κ2) is 12.3. The number of hydrogen-bond donors (Lipinski definition) is 2. The molecule has 1 heterocycles. The number of nitrogens with zero attached hydrogens (tertiary/aromatic N) is 1. The van der Waals surface area contributed by atoms with Crippen molar-refractivity contribution < 1.29 is 14.3 Å². The Balaban J connectivity index is 0.00000288. The maximum Gasteiger partial charge on any atom is 0.238 e. The van der Waals surface area contributed by atoms with E-state index in [2.05, 4.69) is 29.4 Å². The van der Waals surface area contributed by atoms with Crippen molar-refractivity contribution in [2.24, 2.45) is 0 Å². The number of ether oxygens (including phenoxy) is 2. The van der Waals surface area contributed by atoms with E-state index >= 15 is 0 Å². The van der Waals surface area contributed by atoms with E-state index in [0.717, 1.165) is 24.5 Å². The van der Waals surface area contributed by atoms with Crippen LogP contribution in [-0.2, 0) is 14.3 Å². The maximum atomic E-state index is 12.1. The molecule has 1 amide bonds. The van der Waals surface area contributed by atoms with E-state index in [9.17, 15) is 4.79 Å². The predicted octanol–water partition coefficient (Wildman–Crippen LogP) is 2.32. The van der Waals surface area contributed by atoms with Gasteiger partial charge in [-0.3, -0.25) is 4.79 Å². The summed E-state index contributed by atoms with van der Waals surface area (Å²) >= 11 is 0. The molecule has 1 fully saturated rings. The van der Waals surface area contributed by atoms with Crippen molar-refractivity contribution in [3.63, 3.8) is 0 Å². The molecule has 1 aromatic rings. The van der Waals surface area contributed by atoms with Crippen LogP contribution in [0.3, 0.4) is 0 Å². The molecule has 0 aliphatic carbocycles. The Kier molecular flexibility index (Phi) is 11.8. The Morgan fingerprint density at radius 3 is 2.52 bits per heavy atom. The van der Waals surface area contributed by atoms with Gasteiger partial charge in [0.05, 0.1) is 36.7 Å². The minimum Gasteiger partial charge on any atom is -0.383 e. The van der Waals surface area contributed by atoms with Crippen molar-refractivity contribution in [1.29, 1.82) is 0 Å². The van der Waals surface area contributed by atoms with E-state index in [1.54, 1.807) is 7.11 Å². The largest absolute Gasteiger partial charge is 0.383 e. The molecule has 144 valence electrons. The van der Waals surface area contributed by atoms with Crippen molar-refractivity contribution in [2.45, 2.75) is 26.1 Å². The smallest absolute Gasteiger partial charge is 0.238 e. The van der Waals surface area contributed by atoms with E-state index in [4.69, 9.17) is 9.47 Å². The van der Waals surface area contributed by atoms with Gasteiger partial charge in [-0.25, -0.2) is 0 Å². The zero-order chi connectivity index (χ0) is 16.7. The second-order valence-electron chi connectivity index (χ2n) is 5.90. The quantitative estimate of drug-likeness (QED) is 0.695. The van der Waals surface area contributed by atoms with Crippen LogP contribution in [0.5, 0.6) is 0 Å². The molecule has 0 spiro atoms. The van der Waals surface area contributed by atoms with E-state index in [0.29, 0.717) is 13.2 Å². The third-order valence-corrected chi connectivity index (χ3v) is 3.71. The topological polar surface area (TPSA) is 62.8 Å². The molecule has 6 nitrogen and oxygen atoms in total. The Labute approximate surface area is 162 Å². The number of carbonyl (C=O) groups excluding carboxylic acids is 1. The van der Waals surface area contributed by atoms with Gasteiger partial charge in [-0.05, 0) is 26.0 Å². The molecule has 25 heavy (non-hydrogen) atoms. The van der Waals surface area contributed by atoms with Crippen molar-refractivity contribution >= 4 is 42.1 Å². The highest BCUT2D eigenvalue weighted by Gasteiger charge is 2.24. The van der Waals surface area contributed by atoms with E-state index in [1.807, 2.05) is 24.3 Å². The molecule has 2 N–H and O–H groups in total. The van der Waals surface area contributed by atoms with E-state index in [1.165, 1.54) is 0 Å². The van der Waals surface area contributed by atoms with Gasteiger partial charge in [-0.2, -0.15) is 0 Å². The number of carbonyl (C=O) groups is 1. The number of rotatable bonds is 7. The van der Waals surface area contributed by atoms with Crippen molar-refractivity contribution in [1.82, 2.24) is 5.32 Å².